The fraction of sp³-hybridized carbons (Fsp3) is 0.182. The molecule has 0 saturated heterocycles. The molecular formula is C11H6F3N5S2. The van der Waals surface area contributed by atoms with Crippen molar-refractivity contribution in [2.45, 2.75) is 16.7 Å². The smallest absolute Gasteiger partial charge is 0.264 e. The van der Waals surface area contributed by atoms with Crippen molar-refractivity contribution in [3.05, 3.63) is 46.4 Å². The van der Waals surface area contributed by atoms with Gasteiger partial charge in [0.25, 0.3) is 5.82 Å². The van der Waals surface area contributed by atoms with Gasteiger partial charge in [0.1, 0.15) is 10.4 Å². The van der Waals surface area contributed by atoms with E-state index in [1.807, 2.05) is 11.5 Å². The lowest BCUT2D eigenvalue weighted by Gasteiger charge is -2.25. The molecule has 5 nitrogen and oxygen atoms in total. The van der Waals surface area contributed by atoms with E-state index in [4.69, 9.17) is 0 Å². The van der Waals surface area contributed by atoms with Crippen molar-refractivity contribution in [1.29, 1.82) is 0 Å². The molecule has 2 aliphatic heterocycles. The van der Waals surface area contributed by atoms with Crippen molar-refractivity contribution in [2.24, 2.45) is 0 Å². The van der Waals surface area contributed by atoms with Crippen LogP contribution in [0.5, 0.6) is 0 Å². The maximum atomic E-state index is 13.1. The van der Waals surface area contributed by atoms with Gasteiger partial charge in [0.2, 0.25) is 5.16 Å². The van der Waals surface area contributed by atoms with Gasteiger partial charge in [-0.3, -0.25) is 9.99 Å². The Labute approximate surface area is 125 Å². The van der Waals surface area contributed by atoms with Crippen LogP contribution in [0.3, 0.4) is 0 Å². The second-order valence-corrected chi connectivity index (χ2v) is 6.24. The topological polar surface area (TPSA) is 46.8 Å². The molecule has 2 aromatic rings. The van der Waals surface area contributed by atoms with Gasteiger partial charge in [-0.1, -0.05) is 17.8 Å². The summed E-state index contributed by atoms with van der Waals surface area (Å²) < 4.78 is 40.2. The zero-order valence-corrected chi connectivity index (χ0v) is 11.8. The van der Waals surface area contributed by atoms with Crippen molar-refractivity contribution >= 4 is 23.5 Å². The lowest BCUT2D eigenvalue weighted by molar-refractivity contribution is -0.147. The molecule has 2 aromatic heterocycles. The fourth-order valence-corrected chi connectivity index (χ4v) is 4.37. The van der Waals surface area contributed by atoms with Crippen LogP contribution >= 0.6 is 23.5 Å². The first-order chi connectivity index (χ1) is 10.1. The van der Waals surface area contributed by atoms with Gasteiger partial charge in [0.15, 0.2) is 0 Å². The quantitative estimate of drug-likeness (QED) is 0.802. The summed E-state index contributed by atoms with van der Waals surface area (Å²) in [4.78, 5) is 4.03. The zero-order chi connectivity index (χ0) is 14.6. The average molecular weight is 329 g/mol. The van der Waals surface area contributed by atoms with E-state index in [0.717, 1.165) is 10.2 Å². The predicted octanol–water partition coefficient (Wildman–Crippen LogP) is 2.98. The van der Waals surface area contributed by atoms with E-state index >= 15 is 0 Å². The average Bonchev–Trinajstić information content (AvgIpc) is 3.08. The van der Waals surface area contributed by atoms with Crippen LogP contribution < -0.4 is 5.01 Å². The van der Waals surface area contributed by atoms with Crippen molar-refractivity contribution < 1.29 is 13.2 Å². The molecule has 0 aliphatic carbocycles. The molecular weight excluding hydrogens is 323 g/mol. The number of rotatable bonds is 1. The van der Waals surface area contributed by atoms with Crippen LogP contribution in [-0.2, 0) is 6.18 Å². The minimum absolute atomic E-state index is 0.225. The minimum atomic E-state index is -4.55. The molecule has 0 saturated carbocycles. The standard InChI is InChI=1S/C11H6F3N5S2/c12-11(13,14)9-16-17-10-19(9)18-7(21-10)5-20-8(18)6-2-1-3-15-4-6/h1-5,8H. The molecule has 4 rings (SSSR count). The molecule has 10 heteroatoms. The number of alkyl halides is 3. The van der Waals surface area contributed by atoms with Crippen molar-refractivity contribution in [3.63, 3.8) is 0 Å². The van der Waals surface area contributed by atoms with Crippen LogP contribution in [0.4, 0.5) is 13.2 Å². The molecule has 2 aliphatic rings. The van der Waals surface area contributed by atoms with Gasteiger partial charge >= 0.3 is 6.18 Å². The summed E-state index contributed by atoms with van der Waals surface area (Å²) in [5.41, 5.74) is 0.823. The zero-order valence-electron chi connectivity index (χ0n) is 10.2. The van der Waals surface area contributed by atoms with Gasteiger partial charge in [-0.2, -0.15) is 13.2 Å². The summed E-state index contributed by atoms with van der Waals surface area (Å²) in [6.45, 7) is 0. The number of pyridine rings is 1. The summed E-state index contributed by atoms with van der Waals surface area (Å²) in [7, 11) is 0. The third-order valence-corrected chi connectivity index (χ3v) is 5.18. The molecule has 0 fully saturated rings. The Balaban J connectivity index is 1.81. The van der Waals surface area contributed by atoms with Crippen LogP contribution in [-0.4, -0.2) is 19.9 Å². The monoisotopic (exact) mass is 329 g/mol. The maximum Gasteiger partial charge on any atom is 0.453 e. The highest BCUT2D eigenvalue weighted by Gasteiger charge is 2.46. The third-order valence-electron chi connectivity index (χ3n) is 2.99. The Morgan fingerprint density at radius 1 is 1.24 bits per heavy atom. The molecule has 0 spiro atoms. The van der Waals surface area contributed by atoms with Crippen LogP contribution in [0.25, 0.3) is 0 Å². The molecule has 0 N–H and O–H groups in total. The highest BCUT2D eigenvalue weighted by Crippen LogP contribution is 2.52. The van der Waals surface area contributed by atoms with Crippen LogP contribution in [0.2, 0.25) is 0 Å². The van der Waals surface area contributed by atoms with E-state index in [2.05, 4.69) is 15.2 Å². The van der Waals surface area contributed by atoms with Crippen molar-refractivity contribution in [1.82, 2.24) is 19.9 Å². The molecule has 0 aromatic carbocycles. The van der Waals surface area contributed by atoms with E-state index in [0.29, 0.717) is 5.03 Å². The number of hydrogen-bond acceptors (Lipinski definition) is 6. The van der Waals surface area contributed by atoms with Crippen LogP contribution in [0.1, 0.15) is 16.8 Å². The summed E-state index contributed by atoms with van der Waals surface area (Å²) >= 11 is 2.61. The summed E-state index contributed by atoms with van der Waals surface area (Å²) in [6, 6.07) is 3.59. The SMILES string of the molecule is FC(F)(F)c1nnc2n1N1C(=CSC1c1cccnc1)S2. The summed E-state index contributed by atoms with van der Waals surface area (Å²) in [5, 5.41) is 10.9. The number of nitrogens with zero attached hydrogens (tertiary/aromatic N) is 5. The van der Waals surface area contributed by atoms with Crippen LogP contribution in [0, 0.1) is 0 Å². The van der Waals surface area contributed by atoms with Gasteiger partial charge in [-0.05, 0) is 17.8 Å². The van der Waals surface area contributed by atoms with E-state index < -0.39 is 12.0 Å². The normalized spacial score (nSPS) is 20.4. The van der Waals surface area contributed by atoms with Crippen LogP contribution in [0.15, 0.2) is 40.1 Å². The first-order valence-electron chi connectivity index (χ1n) is 5.81. The summed E-state index contributed by atoms with van der Waals surface area (Å²) in [6.07, 6.45) is -1.27. The third kappa shape index (κ3) is 1.93. The van der Waals surface area contributed by atoms with E-state index in [1.165, 1.54) is 23.5 Å². The molecule has 0 radical (unpaired) electrons. The minimum Gasteiger partial charge on any atom is -0.264 e. The highest BCUT2D eigenvalue weighted by atomic mass is 32.2. The number of halogens is 3. The molecule has 0 bridgehead atoms. The Morgan fingerprint density at radius 2 is 2.10 bits per heavy atom. The second-order valence-electron chi connectivity index (χ2n) is 4.29. The number of thioether (sulfide) groups is 2. The lowest BCUT2D eigenvalue weighted by atomic mass is 10.3. The van der Waals surface area contributed by atoms with Gasteiger partial charge in [-0.15, -0.1) is 10.2 Å². The Morgan fingerprint density at radius 3 is 2.81 bits per heavy atom. The molecule has 1 unspecified atom stereocenters. The predicted molar refractivity (Wildman–Crippen MR) is 71.8 cm³/mol. The largest absolute Gasteiger partial charge is 0.453 e. The molecule has 0 amide bonds. The van der Waals surface area contributed by atoms with E-state index in [9.17, 15) is 13.2 Å². The first-order valence-corrected chi connectivity index (χ1v) is 7.57. The molecule has 4 heterocycles. The van der Waals surface area contributed by atoms with Crippen molar-refractivity contribution in [2.75, 3.05) is 5.01 Å². The van der Waals surface area contributed by atoms with Gasteiger partial charge in [0.05, 0.1) is 0 Å². The second kappa shape index (κ2) is 4.41. The van der Waals surface area contributed by atoms with Gasteiger partial charge < -0.3 is 0 Å². The lowest BCUT2D eigenvalue weighted by Crippen LogP contribution is -2.33. The molecule has 21 heavy (non-hydrogen) atoms. The van der Waals surface area contributed by atoms with Gasteiger partial charge in [0, 0.05) is 23.4 Å². The summed E-state index contributed by atoms with van der Waals surface area (Å²) in [5.74, 6) is -1.01. The van der Waals surface area contributed by atoms with Crippen molar-refractivity contribution in [3.8, 4) is 0 Å². The fourth-order valence-electron chi connectivity index (χ4n) is 2.16. The molecule has 108 valence electrons. The number of aromatic nitrogens is 4. The van der Waals surface area contributed by atoms with E-state index in [-0.39, 0.29) is 10.5 Å². The number of fused-ring (bicyclic) bond motifs is 3. The van der Waals surface area contributed by atoms with E-state index in [1.54, 1.807) is 23.5 Å². The Kier molecular flexibility index (Phi) is 2.73. The van der Waals surface area contributed by atoms with Gasteiger partial charge in [-0.25, -0.2) is 4.68 Å². The molecule has 1 atom stereocenters. The Hall–Kier alpha value is -1.68. The first kappa shape index (κ1) is 13.0. The highest BCUT2D eigenvalue weighted by molar-refractivity contribution is 8.07. The maximum absolute atomic E-state index is 13.1. The number of hydrogen-bond donors (Lipinski definition) is 0. The Bertz CT molecular complexity index is 727.